The fourth-order valence-corrected chi connectivity index (χ4v) is 1.31. The first kappa shape index (κ1) is 8.10. The van der Waals surface area contributed by atoms with Crippen molar-refractivity contribution < 1.29 is 14.3 Å². The molecule has 0 spiro atoms. The van der Waals surface area contributed by atoms with Crippen LogP contribution in [0.25, 0.3) is 0 Å². The lowest BCUT2D eigenvalue weighted by molar-refractivity contribution is -0.0488. The molecule has 13 heavy (non-hydrogen) atoms. The SMILES string of the molecule is Cc1ccc2c(c1)OC(C)OC2=O. The monoisotopic (exact) mass is 178 g/mol. The number of ether oxygens (including phenoxy) is 2. The van der Waals surface area contributed by atoms with Gasteiger partial charge in [0, 0.05) is 6.92 Å². The Morgan fingerprint density at radius 3 is 2.85 bits per heavy atom. The zero-order valence-electron chi connectivity index (χ0n) is 7.53. The smallest absolute Gasteiger partial charge is 0.344 e. The van der Waals surface area contributed by atoms with Gasteiger partial charge >= 0.3 is 5.97 Å². The van der Waals surface area contributed by atoms with Gasteiger partial charge in [-0.15, -0.1) is 0 Å². The van der Waals surface area contributed by atoms with Crippen molar-refractivity contribution >= 4 is 5.97 Å². The maximum absolute atomic E-state index is 11.3. The lowest BCUT2D eigenvalue weighted by Gasteiger charge is -2.22. The minimum absolute atomic E-state index is 0.311. The van der Waals surface area contributed by atoms with Crippen molar-refractivity contribution in [1.82, 2.24) is 0 Å². The van der Waals surface area contributed by atoms with Crippen molar-refractivity contribution in [1.29, 1.82) is 0 Å². The normalized spacial score (nSPS) is 20.2. The molecule has 0 aliphatic carbocycles. The van der Waals surface area contributed by atoms with E-state index in [1.165, 1.54) is 0 Å². The molecule has 3 heteroatoms. The van der Waals surface area contributed by atoms with Crippen molar-refractivity contribution in [3.05, 3.63) is 29.3 Å². The van der Waals surface area contributed by atoms with Gasteiger partial charge in [0.05, 0.1) is 0 Å². The van der Waals surface area contributed by atoms with Crippen LogP contribution in [0.1, 0.15) is 22.8 Å². The molecule has 3 nitrogen and oxygen atoms in total. The van der Waals surface area contributed by atoms with Crippen molar-refractivity contribution in [2.45, 2.75) is 20.1 Å². The summed E-state index contributed by atoms with van der Waals surface area (Å²) in [7, 11) is 0. The summed E-state index contributed by atoms with van der Waals surface area (Å²) in [5.74, 6) is 0.303. The number of aryl methyl sites for hydroxylation is 1. The minimum Gasteiger partial charge on any atom is -0.454 e. The van der Waals surface area contributed by atoms with Gasteiger partial charge in [-0.05, 0) is 24.6 Å². The highest BCUT2D eigenvalue weighted by Gasteiger charge is 2.24. The predicted molar refractivity (Wildman–Crippen MR) is 46.7 cm³/mol. The van der Waals surface area contributed by atoms with Crippen molar-refractivity contribution in [2.75, 3.05) is 0 Å². The first-order valence-electron chi connectivity index (χ1n) is 4.15. The maximum Gasteiger partial charge on any atom is 0.344 e. The van der Waals surface area contributed by atoms with E-state index >= 15 is 0 Å². The number of hydrogen-bond acceptors (Lipinski definition) is 3. The van der Waals surface area contributed by atoms with Crippen LogP contribution >= 0.6 is 0 Å². The molecule has 0 saturated carbocycles. The molecule has 1 aliphatic rings. The third kappa shape index (κ3) is 1.37. The van der Waals surface area contributed by atoms with Crippen LogP contribution in [-0.2, 0) is 4.74 Å². The molecular formula is C10H10O3. The molecule has 0 bridgehead atoms. The second-order valence-corrected chi connectivity index (χ2v) is 3.09. The summed E-state index contributed by atoms with van der Waals surface area (Å²) in [5.41, 5.74) is 1.57. The van der Waals surface area contributed by atoms with E-state index in [-0.39, 0.29) is 5.97 Å². The van der Waals surface area contributed by atoms with Crippen LogP contribution in [-0.4, -0.2) is 12.3 Å². The second-order valence-electron chi connectivity index (χ2n) is 3.09. The summed E-state index contributed by atoms with van der Waals surface area (Å²) < 4.78 is 10.2. The molecular weight excluding hydrogens is 168 g/mol. The Labute approximate surface area is 76.3 Å². The summed E-state index contributed by atoms with van der Waals surface area (Å²) in [4.78, 5) is 11.3. The molecule has 1 heterocycles. The summed E-state index contributed by atoms with van der Waals surface area (Å²) in [6.07, 6.45) is -0.484. The van der Waals surface area contributed by atoms with Crippen LogP contribution in [0.5, 0.6) is 5.75 Å². The molecule has 1 aromatic carbocycles. The molecule has 0 amide bonds. The average molecular weight is 178 g/mol. The van der Waals surface area contributed by atoms with E-state index in [0.29, 0.717) is 11.3 Å². The molecule has 1 atom stereocenters. The summed E-state index contributed by atoms with van der Waals surface area (Å²) in [6, 6.07) is 5.42. The van der Waals surface area contributed by atoms with Crippen LogP contribution in [0.15, 0.2) is 18.2 Å². The van der Waals surface area contributed by atoms with Gasteiger partial charge in [-0.25, -0.2) is 4.79 Å². The third-order valence-electron chi connectivity index (χ3n) is 1.92. The van der Waals surface area contributed by atoms with Crippen LogP contribution in [0, 0.1) is 6.92 Å². The van der Waals surface area contributed by atoms with E-state index in [0.717, 1.165) is 5.56 Å². The maximum atomic E-state index is 11.3. The number of hydrogen-bond donors (Lipinski definition) is 0. The lowest BCUT2D eigenvalue weighted by atomic mass is 10.1. The van der Waals surface area contributed by atoms with Crippen LogP contribution in [0.3, 0.4) is 0 Å². The first-order valence-corrected chi connectivity index (χ1v) is 4.15. The number of benzene rings is 1. The lowest BCUT2D eigenvalue weighted by Crippen LogP contribution is -2.27. The molecule has 0 N–H and O–H groups in total. The Morgan fingerprint density at radius 2 is 2.08 bits per heavy atom. The van der Waals surface area contributed by atoms with Gasteiger partial charge in [0.15, 0.2) is 0 Å². The van der Waals surface area contributed by atoms with E-state index in [4.69, 9.17) is 9.47 Å². The van der Waals surface area contributed by atoms with Gasteiger partial charge < -0.3 is 9.47 Å². The fraction of sp³-hybridized carbons (Fsp3) is 0.300. The van der Waals surface area contributed by atoms with Gasteiger partial charge in [0.2, 0.25) is 6.29 Å². The number of cyclic esters (lactones) is 1. The standard InChI is InChI=1S/C10H10O3/c1-6-3-4-8-9(5-6)12-7(2)13-10(8)11/h3-5,7H,1-2H3. The quantitative estimate of drug-likeness (QED) is 0.569. The zero-order chi connectivity index (χ0) is 9.42. The van der Waals surface area contributed by atoms with Crippen LogP contribution in [0.2, 0.25) is 0 Å². The number of fused-ring (bicyclic) bond motifs is 1. The summed E-state index contributed by atoms with van der Waals surface area (Å²) in [6.45, 7) is 3.65. The molecule has 0 saturated heterocycles. The number of carbonyl (C=O) groups is 1. The highest BCUT2D eigenvalue weighted by molar-refractivity contribution is 5.93. The van der Waals surface area contributed by atoms with Gasteiger partial charge in [0.25, 0.3) is 0 Å². The molecule has 0 fully saturated rings. The van der Waals surface area contributed by atoms with E-state index < -0.39 is 6.29 Å². The predicted octanol–water partition coefficient (Wildman–Crippen LogP) is 1.89. The second kappa shape index (κ2) is 2.76. The molecule has 1 unspecified atom stereocenters. The van der Waals surface area contributed by atoms with Crippen molar-refractivity contribution in [3.63, 3.8) is 0 Å². The average Bonchev–Trinajstić information content (AvgIpc) is 2.02. The number of carbonyl (C=O) groups excluding carboxylic acids is 1. The number of rotatable bonds is 0. The summed E-state index contributed by atoms with van der Waals surface area (Å²) in [5, 5.41) is 0. The molecule has 1 aromatic rings. The molecule has 0 aromatic heterocycles. The molecule has 2 rings (SSSR count). The van der Waals surface area contributed by atoms with E-state index in [1.807, 2.05) is 19.1 Å². The zero-order valence-corrected chi connectivity index (χ0v) is 7.53. The third-order valence-corrected chi connectivity index (χ3v) is 1.92. The van der Waals surface area contributed by atoms with Gasteiger partial charge in [-0.1, -0.05) is 6.07 Å². The summed E-state index contributed by atoms with van der Waals surface area (Å²) >= 11 is 0. The largest absolute Gasteiger partial charge is 0.454 e. The molecule has 0 radical (unpaired) electrons. The van der Waals surface area contributed by atoms with Crippen molar-refractivity contribution in [2.24, 2.45) is 0 Å². The Morgan fingerprint density at radius 1 is 1.31 bits per heavy atom. The Kier molecular flexibility index (Phi) is 1.72. The number of esters is 1. The fourth-order valence-electron chi connectivity index (χ4n) is 1.31. The van der Waals surface area contributed by atoms with Gasteiger partial charge in [-0.3, -0.25) is 0 Å². The highest BCUT2D eigenvalue weighted by Crippen LogP contribution is 2.26. The van der Waals surface area contributed by atoms with E-state index in [1.54, 1.807) is 13.0 Å². The van der Waals surface area contributed by atoms with Crippen molar-refractivity contribution in [3.8, 4) is 5.75 Å². The minimum atomic E-state index is -0.484. The van der Waals surface area contributed by atoms with Gasteiger partial charge in [0.1, 0.15) is 11.3 Å². The topological polar surface area (TPSA) is 35.5 Å². The van der Waals surface area contributed by atoms with E-state index in [9.17, 15) is 4.79 Å². The van der Waals surface area contributed by atoms with E-state index in [2.05, 4.69) is 0 Å². The molecule has 1 aliphatic heterocycles. The van der Waals surface area contributed by atoms with Crippen LogP contribution < -0.4 is 4.74 Å². The first-order chi connectivity index (χ1) is 6.16. The molecule has 68 valence electrons. The highest BCUT2D eigenvalue weighted by atomic mass is 16.7. The van der Waals surface area contributed by atoms with Crippen LogP contribution in [0.4, 0.5) is 0 Å². The Hall–Kier alpha value is -1.51. The Balaban J connectivity index is 2.49. The van der Waals surface area contributed by atoms with Gasteiger partial charge in [-0.2, -0.15) is 0 Å². The Bertz CT molecular complexity index is 357.